The van der Waals surface area contributed by atoms with Gasteiger partial charge in [-0.2, -0.15) is 0 Å². The zero-order valence-electron chi connectivity index (χ0n) is 13.6. The molecule has 25 heavy (non-hydrogen) atoms. The average molecular weight is 346 g/mol. The largest absolute Gasteiger partial charge is 0.454 e. The molecule has 132 valence electrons. The second kappa shape index (κ2) is 9.11. The molecule has 3 amide bonds. The van der Waals surface area contributed by atoms with Gasteiger partial charge in [-0.1, -0.05) is 30.3 Å². The molecule has 1 heterocycles. The van der Waals surface area contributed by atoms with Crippen molar-refractivity contribution < 1.29 is 19.1 Å². The first kappa shape index (κ1) is 18.0. The van der Waals surface area contributed by atoms with Crippen LogP contribution in [0.1, 0.15) is 18.5 Å². The molecule has 0 aliphatic heterocycles. The molecule has 2 rings (SSSR count). The third-order valence-corrected chi connectivity index (χ3v) is 3.16. The fourth-order valence-corrected chi connectivity index (χ4v) is 2.03. The first-order valence-corrected chi connectivity index (χ1v) is 7.61. The summed E-state index contributed by atoms with van der Waals surface area (Å²) in [6, 6.07) is 7.78. The van der Waals surface area contributed by atoms with Gasteiger partial charge in [0.2, 0.25) is 0 Å². The molecular formula is C15H18N6O4. The van der Waals surface area contributed by atoms with Crippen LogP contribution in [-0.4, -0.2) is 51.3 Å². The summed E-state index contributed by atoms with van der Waals surface area (Å²) in [6.45, 7) is 1.51. The number of hydrogen-bond donors (Lipinski definition) is 2. The van der Waals surface area contributed by atoms with E-state index in [4.69, 9.17) is 4.74 Å². The summed E-state index contributed by atoms with van der Waals surface area (Å²) in [5.74, 6) is -1.41. The fraction of sp³-hybridized carbons (Fsp3) is 0.333. The van der Waals surface area contributed by atoms with Crippen molar-refractivity contribution in [2.75, 3.05) is 13.2 Å². The van der Waals surface area contributed by atoms with E-state index in [2.05, 4.69) is 20.8 Å². The molecule has 1 aromatic heterocycles. The Hall–Kier alpha value is -3.30. The molecule has 0 unspecified atom stereocenters. The van der Waals surface area contributed by atoms with Gasteiger partial charge in [0.15, 0.2) is 12.6 Å². The van der Waals surface area contributed by atoms with Crippen LogP contribution in [0.5, 0.6) is 0 Å². The van der Waals surface area contributed by atoms with E-state index in [0.717, 1.165) is 5.56 Å². The van der Waals surface area contributed by atoms with E-state index < -0.39 is 30.6 Å². The summed E-state index contributed by atoms with van der Waals surface area (Å²) in [5.41, 5.74) is 0.881. The van der Waals surface area contributed by atoms with Gasteiger partial charge in [0.05, 0.1) is 0 Å². The molecule has 0 fully saturated rings. The Morgan fingerprint density at radius 1 is 1.24 bits per heavy atom. The number of carbonyl (C=O) groups excluding carboxylic acids is 3. The van der Waals surface area contributed by atoms with Crippen molar-refractivity contribution in [2.24, 2.45) is 0 Å². The highest BCUT2D eigenvalue weighted by Crippen LogP contribution is 2.14. The molecule has 2 aromatic rings. The smallest absolute Gasteiger partial charge is 0.331 e. The third kappa shape index (κ3) is 5.68. The zero-order valence-corrected chi connectivity index (χ0v) is 13.6. The number of benzene rings is 1. The highest BCUT2D eigenvalue weighted by Gasteiger charge is 2.25. The number of nitrogens with one attached hydrogen (secondary N) is 2. The van der Waals surface area contributed by atoms with Gasteiger partial charge in [-0.15, -0.1) is 5.10 Å². The number of nitrogens with zero attached hydrogens (tertiary/aromatic N) is 4. The Morgan fingerprint density at radius 3 is 2.64 bits per heavy atom. The Balaban J connectivity index is 1.96. The van der Waals surface area contributed by atoms with Crippen LogP contribution in [0.3, 0.4) is 0 Å². The Bertz CT molecular complexity index is 704. The van der Waals surface area contributed by atoms with Crippen molar-refractivity contribution >= 4 is 17.9 Å². The highest BCUT2D eigenvalue weighted by molar-refractivity contribution is 5.95. The summed E-state index contributed by atoms with van der Waals surface area (Å²) < 4.78 is 6.25. The van der Waals surface area contributed by atoms with Crippen LogP contribution < -0.4 is 10.6 Å². The Morgan fingerprint density at radius 2 is 2.00 bits per heavy atom. The molecule has 10 nitrogen and oxygen atoms in total. The summed E-state index contributed by atoms with van der Waals surface area (Å²) in [4.78, 5) is 35.2. The first-order chi connectivity index (χ1) is 12.1. The maximum absolute atomic E-state index is 12.3. The lowest BCUT2D eigenvalue weighted by Crippen LogP contribution is -2.41. The minimum Gasteiger partial charge on any atom is -0.454 e. The van der Waals surface area contributed by atoms with Crippen LogP contribution >= 0.6 is 0 Å². The number of imide groups is 1. The molecule has 0 radical (unpaired) electrons. The van der Waals surface area contributed by atoms with Gasteiger partial charge in [0.1, 0.15) is 6.33 Å². The molecule has 0 bridgehead atoms. The van der Waals surface area contributed by atoms with E-state index in [9.17, 15) is 14.4 Å². The number of ether oxygens (including phenoxy) is 1. The van der Waals surface area contributed by atoms with Crippen LogP contribution in [0.15, 0.2) is 36.7 Å². The molecule has 10 heteroatoms. The average Bonchev–Trinajstić information content (AvgIpc) is 3.13. The standard InChI is InChI=1S/C15H18N6O4/c1-2-16-15(24)18-13(22)9-25-14(23)12(21-10-17-19-20-21)8-11-6-4-3-5-7-11/h3-7,10,12H,2,8-9H2,1H3,(H2,16,18,22,24)/t12-/m0/s1. The predicted molar refractivity (Wildman–Crippen MR) is 85.2 cm³/mol. The van der Waals surface area contributed by atoms with Gasteiger partial charge in [0, 0.05) is 13.0 Å². The predicted octanol–water partition coefficient (Wildman–Crippen LogP) is -0.154. The molecule has 1 atom stereocenters. The van der Waals surface area contributed by atoms with Gasteiger partial charge in [-0.05, 0) is 22.9 Å². The van der Waals surface area contributed by atoms with E-state index in [0.29, 0.717) is 13.0 Å². The van der Waals surface area contributed by atoms with E-state index in [1.54, 1.807) is 6.92 Å². The summed E-state index contributed by atoms with van der Waals surface area (Å²) >= 11 is 0. The quantitative estimate of drug-likeness (QED) is 0.667. The van der Waals surface area contributed by atoms with E-state index >= 15 is 0 Å². The van der Waals surface area contributed by atoms with Crippen molar-refractivity contribution in [3.05, 3.63) is 42.2 Å². The second-order valence-electron chi connectivity index (χ2n) is 5.01. The van der Waals surface area contributed by atoms with Crippen molar-refractivity contribution in [1.29, 1.82) is 0 Å². The van der Waals surface area contributed by atoms with Crippen molar-refractivity contribution in [1.82, 2.24) is 30.8 Å². The lowest BCUT2D eigenvalue weighted by Gasteiger charge is -2.15. The topological polar surface area (TPSA) is 128 Å². The van der Waals surface area contributed by atoms with E-state index in [-0.39, 0.29) is 0 Å². The number of rotatable bonds is 7. The Kier molecular flexibility index (Phi) is 6.57. The number of amides is 3. The van der Waals surface area contributed by atoms with Crippen LogP contribution in [0.4, 0.5) is 4.79 Å². The van der Waals surface area contributed by atoms with Crippen molar-refractivity contribution in [2.45, 2.75) is 19.4 Å². The monoisotopic (exact) mass is 346 g/mol. The lowest BCUT2D eigenvalue weighted by atomic mass is 10.1. The molecule has 0 aliphatic rings. The molecule has 0 saturated heterocycles. The van der Waals surface area contributed by atoms with Crippen molar-refractivity contribution in [3.63, 3.8) is 0 Å². The summed E-state index contributed by atoms with van der Waals surface area (Å²) in [7, 11) is 0. The normalized spacial score (nSPS) is 11.4. The summed E-state index contributed by atoms with van der Waals surface area (Å²) in [5, 5.41) is 15.2. The minimum atomic E-state index is -0.824. The Labute approximate surface area is 143 Å². The highest BCUT2D eigenvalue weighted by atomic mass is 16.5. The molecule has 0 spiro atoms. The number of esters is 1. The molecule has 0 saturated carbocycles. The number of hydrogen-bond acceptors (Lipinski definition) is 7. The van der Waals surface area contributed by atoms with Crippen LogP contribution in [0, 0.1) is 0 Å². The van der Waals surface area contributed by atoms with Crippen LogP contribution in [0.2, 0.25) is 0 Å². The molecule has 0 aliphatic carbocycles. The number of carbonyl (C=O) groups is 3. The van der Waals surface area contributed by atoms with Gasteiger partial charge in [-0.3, -0.25) is 10.1 Å². The minimum absolute atomic E-state index is 0.294. The zero-order chi connectivity index (χ0) is 18.1. The molecule has 2 N–H and O–H groups in total. The lowest BCUT2D eigenvalue weighted by molar-refractivity contribution is -0.152. The summed E-state index contributed by atoms with van der Waals surface area (Å²) in [6.07, 6.45) is 1.59. The second-order valence-corrected chi connectivity index (χ2v) is 5.01. The maximum atomic E-state index is 12.3. The SMILES string of the molecule is CCNC(=O)NC(=O)COC(=O)[C@H](Cc1ccccc1)n1cnnn1. The number of urea groups is 1. The third-order valence-electron chi connectivity index (χ3n) is 3.16. The number of tetrazole rings is 1. The maximum Gasteiger partial charge on any atom is 0.331 e. The van der Waals surface area contributed by atoms with E-state index in [1.165, 1.54) is 11.0 Å². The molecule has 1 aromatic carbocycles. The van der Waals surface area contributed by atoms with Gasteiger partial charge < -0.3 is 10.1 Å². The van der Waals surface area contributed by atoms with Crippen LogP contribution in [-0.2, 0) is 20.7 Å². The first-order valence-electron chi connectivity index (χ1n) is 7.61. The van der Waals surface area contributed by atoms with Gasteiger partial charge >= 0.3 is 12.0 Å². The molecular weight excluding hydrogens is 328 g/mol. The number of aromatic nitrogens is 4. The fourth-order valence-electron chi connectivity index (χ4n) is 2.03. The van der Waals surface area contributed by atoms with Gasteiger partial charge in [-0.25, -0.2) is 14.3 Å². The van der Waals surface area contributed by atoms with Crippen molar-refractivity contribution in [3.8, 4) is 0 Å². The van der Waals surface area contributed by atoms with Gasteiger partial charge in [0.25, 0.3) is 5.91 Å². The van der Waals surface area contributed by atoms with Crippen LogP contribution in [0.25, 0.3) is 0 Å². The van der Waals surface area contributed by atoms with E-state index in [1.807, 2.05) is 35.6 Å².